The number of carbonyl (C=O) groups excluding carboxylic acids is 7. The van der Waals surface area contributed by atoms with Crippen molar-refractivity contribution in [1.29, 1.82) is 0 Å². The maximum Gasteiger partial charge on any atom is 0.314 e. The molecular formula is C71H92NO15+. The number of hydrogen-bond acceptors (Lipinski definition) is 13. The summed E-state index contributed by atoms with van der Waals surface area (Å²) in [6.45, 7) is 9.88. The van der Waals surface area contributed by atoms with E-state index in [1.165, 1.54) is 59.1 Å². The predicted octanol–water partition coefficient (Wildman–Crippen LogP) is 11.8. The van der Waals surface area contributed by atoms with Gasteiger partial charge in [0.2, 0.25) is 0 Å². The van der Waals surface area contributed by atoms with Crippen LogP contribution in [-0.2, 0) is 67.2 Å². The van der Waals surface area contributed by atoms with E-state index < -0.39 is 35.8 Å². The second-order valence-electron chi connectivity index (χ2n) is 27.2. The first-order chi connectivity index (χ1) is 41.6. The number of ether oxygens (including phenoxy) is 3. The number of carbonyl (C=O) groups is 9. The zero-order valence-electron chi connectivity index (χ0n) is 51.6. The number of phenols is 1. The lowest BCUT2D eigenvalue weighted by Gasteiger charge is -2.48. The van der Waals surface area contributed by atoms with E-state index in [4.69, 9.17) is 19.7 Å². The Hall–Kier alpha value is -6.55. The van der Waals surface area contributed by atoms with Crippen molar-refractivity contribution in [1.82, 2.24) is 0 Å². The van der Waals surface area contributed by atoms with Crippen LogP contribution < -0.4 is 15.2 Å². The van der Waals surface area contributed by atoms with Gasteiger partial charge in [-0.25, -0.2) is 0 Å². The molecule has 470 valence electrons. The molecule has 87 heavy (non-hydrogen) atoms. The summed E-state index contributed by atoms with van der Waals surface area (Å²) in [5, 5.41) is 27.0. The van der Waals surface area contributed by atoms with Crippen LogP contribution in [0.4, 0.5) is 0 Å². The van der Waals surface area contributed by atoms with Gasteiger partial charge in [0.1, 0.15) is 34.6 Å². The Bertz CT molecular complexity index is 2960. The molecule has 12 unspecified atom stereocenters. The van der Waals surface area contributed by atoms with E-state index in [-0.39, 0.29) is 54.8 Å². The number of rotatable bonds is 11. The molecule has 16 nitrogen and oxygen atoms in total. The van der Waals surface area contributed by atoms with Crippen LogP contribution in [0.2, 0.25) is 0 Å². The molecule has 13 rings (SSSR count). The zero-order chi connectivity index (χ0) is 62.4. The van der Waals surface area contributed by atoms with E-state index in [9.17, 15) is 48.3 Å². The van der Waals surface area contributed by atoms with Gasteiger partial charge in [0.15, 0.2) is 0 Å². The van der Waals surface area contributed by atoms with Crippen molar-refractivity contribution in [3.63, 3.8) is 0 Å². The summed E-state index contributed by atoms with van der Waals surface area (Å²) in [4.78, 5) is 102. The number of quaternary nitrogens is 1. The van der Waals surface area contributed by atoms with Crippen molar-refractivity contribution in [2.45, 2.75) is 219 Å². The molecule has 0 bridgehead atoms. The van der Waals surface area contributed by atoms with Gasteiger partial charge in [0, 0.05) is 35.5 Å². The van der Waals surface area contributed by atoms with Crippen molar-refractivity contribution >= 4 is 53.2 Å². The second kappa shape index (κ2) is 27.9. The summed E-state index contributed by atoms with van der Waals surface area (Å²) in [7, 11) is 0. The zero-order valence-corrected chi connectivity index (χ0v) is 51.6. The number of aromatic hydroxyl groups is 1. The second-order valence-corrected chi connectivity index (χ2v) is 27.2. The van der Waals surface area contributed by atoms with Crippen LogP contribution in [-0.4, -0.2) is 75.0 Å². The third-order valence-electron chi connectivity index (χ3n) is 22.4. The first kappa shape index (κ1) is 64.9. The van der Waals surface area contributed by atoms with Crippen LogP contribution >= 0.6 is 0 Å². The standard InChI is InChI=1S/2C22H26O5.C18H22O2.C5H13N.C4H4O3/c2*1-22-11-10-16-15-5-3-14(27-21(26)9-8-20(24)25)12-13(15)2-4-17(16)18(22)6-7-19(22)23;1-18-9-8-14-13-5-3-12(19)10-11(13)2-4-15(14)16(18)6-7-17(18)20;1-2-3-4-5-6;5-3-1-2-4(6)7-3/h2*3,5,12,16-18H,2,4,6-11H2,1H3,(H,24,25);3,5,10,14-16,19H,2,4,6-9H2,1H3;2-6H2,1H3;1-2H2/p+1. The molecule has 0 amide bonds. The smallest absolute Gasteiger partial charge is 0.314 e. The van der Waals surface area contributed by atoms with Crippen LogP contribution in [0.15, 0.2) is 54.6 Å². The van der Waals surface area contributed by atoms with Crippen molar-refractivity contribution in [2.75, 3.05) is 6.54 Å². The normalized spacial score (nSPS) is 30.8. The fourth-order valence-corrected chi connectivity index (χ4v) is 17.8. The minimum Gasteiger partial charge on any atom is -0.508 e. The number of carboxylic acid groups (broad SMARTS) is 2. The summed E-state index contributed by atoms with van der Waals surface area (Å²) in [5.41, 5.74) is 11.4. The highest BCUT2D eigenvalue weighted by atomic mass is 16.6. The molecule has 6 N–H and O–H groups in total. The summed E-state index contributed by atoms with van der Waals surface area (Å²) in [6, 6.07) is 17.6. The van der Waals surface area contributed by atoms with Gasteiger partial charge < -0.3 is 35.3 Å². The molecule has 7 fully saturated rings. The molecular weight excluding hydrogens is 1110 g/mol. The number of benzene rings is 3. The molecule has 0 aromatic heterocycles. The Labute approximate surface area is 511 Å². The Morgan fingerprint density at radius 1 is 0.494 bits per heavy atom. The number of Topliss-reactive ketones (excluding diaryl/α,β-unsaturated/α-hetero) is 3. The van der Waals surface area contributed by atoms with Crippen LogP contribution in [0.5, 0.6) is 17.2 Å². The molecule has 3 aromatic rings. The SMILES string of the molecule is CC12CCC3c4ccc(O)cc4CCC3C1CCC2=O.CC12CCC3c4ccc(OC(=O)CCC(=O)O)cc4CCC3C1CCC2=O.CC12CCC3c4ccc(OC(=O)CCC(=O)O)cc4CCC3C1CCC2=O.CCCCC[NH3+].O=C1CCC(=O)O1. The maximum absolute atomic E-state index is 12.4. The summed E-state index contributed by atoms with van der Waals surface area (Å²) < 4.78 is 14.7. The van der Waals surface area contributed by atoms with Crippen molar-refractivity contribution < 1.29 is 78.4 Å². The average molecular weight is 1200 g/mol. The van der Waals surface area contributed by atoms with Crippen LogP contribution in [0.3, 0.4) is 0 Å². The van der Waals surface area contributed by atoms with Gasteiger partial charge >= 0.3 is 35.8 Å². The van der Waals surface area contributed by atoms with Gasteiger partial charge in [-0.05, 0) is 232 Å². The van der Waals surface area contributed by atoms with Gasteiger partial charge in [-0.2, -0.15) is 0 Å². The topological polar surface area (TPSA) is 270 Å². The van der Waals surface area contributed by atoms with E-state index in [0.717, 1.165) is 116 Å². The van der Waals surface area contributed by atoms with Gasteiger partial charge in [0.25, 0.3) is 0 Å². The minimum absolute atomic E-state index is 0.0322. The largest absolute Gasteiger partial charge is 0.508 e. The van der Waals surface area contributed by atoms with Crippen molar-refractivity contribution in [3.05, 3.63) is 88.0 Å². The van der Waals surface area contributed by atoms with Crippen molar-refractivity contribution in [2.24, 2.45) is 51.8 Å². The number of ketones is 3. The summed E-state index contributed by atoms with van der Waals surface area (Å²) in [5.74, 6) is 4.03. The molecule has 9 aliphatic carbocycles. The Morgan fingerprint density at radius 3 is 1.18 bits per heavy atom. The van der Waals surface area contributed by atoms with E-state index in [1.54, 1.807) is 0 Å². The van der Waals surface area contributed by atoms with Gasteiger partial charge in [-0.15, -0.1) is 0 Å². The Balaban J connectivity index is 0.000000142. The fourth-order valence-electron chi connectivity index (χ4n) is 17.8. The number of esters is 4. The Kier molecular flexibility index (Phi) is 20.8. The number of carboxylic acids is 2. The van der Waals surface area contributed by atoms with E-state index >= 15 is 0 Å². The average Bonchev–Trinajstić information content (AvgIpc) is 2.25. The lowest BCUT2D eigenvalue weighted by molar-refractivity contribution is -0.368. The molecule has 16 heteroatoms. The summed E-state index contributed by atoms with van der Waals surface area (Å²) >= 11 is 0. The molecule has 0 spiro atoms. The molecule has 1 saturated heterocycles. The van der Waals surface area contributed by atoms with Gasteiger partial charge in [-0.3, -0.25) is 43.2 Å². The van der Waals surface area contributed by atoms with Crippen molar-refractivity contribution in [3.8, 4) is 17.2 Å². The van der Waals surface area contributed by atoms with Crippen LogP contribution in [0, 0.1) is 51.8 Å². The number of hydrogen-bond donors (Lipinski definition) is 4. The lowest BCUT2D eigenvalue weighted by atomic mass is 9.55. The number of aliphatic carboxylic acids is 2. The molecule has 1 heterocycles. The monoisotopic (exact) mass is 1200 g/mol. The quantitative estimate of drug-likeness (QED) is 0.0601. The first-order valence-electron chi connectivity index (χ1n) is 32.6. The molecule has 1 aliphatic heterocycles. The highest BCUT2D eigenvalue weighted by Gasteiger charge is 2.57. The van der Waals surface area contributed by atoms with Gasteiger partial charge in [-0.1, -0.05) is 52.3 Å². The van der Waals surface area contributed by atoms with E-state index in [2.05, 4.69) is 56.4 Å². The number of phenolic OH excluding ortho intramolecular Hbond substituents is 1. The van der Waals surface area contributed by atoms with Crippen LogP contribution in [0.1, 0.15) is 233 Å². The number of fused-ring (bicyclic) bond motifs is 15. The highest BCUT2D eigenvalue weighted by molar-refractivity contribution is 5.92. The highest BCUT2D eigenvalue weighted by Crippen LogP contribution is 2.62. The minimum atomic E-state index is -1.00. The molecule has 6 saturated carbocycles. The number of aryl methyl sites for hydroxylation is 3. The van der Waals surface area contributed by atoms with Crippen LogP contribution in [0.25, 0.3) is 0 Å². The molecule has 10 aliphatic rings. The lowest BCUT2D eigenvalue weighted by Crippen LogP contribution is -2.49. The van der Waals surface area contributed by atoms with Gasteiger partial charge in [0.05, 0.1) is 45.1 Å². The van der Waals surface area contributed by atoms with E-state index in [0.29, 0.717) is 87.9 Å². The summed E-state index contributed by atoms with van der Waals surface area (Å²) in [6.07, 6.45) is 21.8. The number of unbranched alkanes of at least 4 members (excludes halogenated alkanes) is 2. The third-order valence-corrected chi connectivity index (χ3v) is 22.4. The molecule has 0 radical (unpaired) electrons. The first-order valence-corrected chi connectivity index (χ1v) is 32.6. The molecule has 3 aromatic carbocycles. The maximum atomic E-state index is 12.4. The molecule has 12 atom stereocenters. The predicted molar refractivity (Wildman–Crippen MR) is 322 cm³/mol. The Morgan fingerprint density at radius 2 is 0.862 bits per heavy atom. The van der Waals surface area contributed by atoms with E-state index in [1.807, 2.05) is 36.4 Å². The third kappa shape index (κ3) is 14.3. The number of cyclic esters (lactones) is 2. The fraction of sp³-hybridized carbons (Fsp3) is 0.620.